The summed E-state index contributed by atoms with van der Waals surface area (Å²) in [5.74, 6) is 0.650. The maximum atomic E-state index is 5.94. The van der Waals surface area contributed by atoms with Crippen molar-refractivity contribution in [1.82, 2.24) is 5.32 Å². The van der Waals surface area contributed by atoms with Gasteiger partial charge in [-0.3, -0.25) is 0 Å². The molecule has 0 radical (unpaired) electrons. The van der Waals surface area contributed by atoms with Gasteiger partial charge < -0.3 is 10.1 Å². The Bertz CT molecular complexity index is 336. The van der Waals surface area contributed by atoms with Crippen molar-refractivity contribution in [3.63, 3.8) is 0 Å². The Morgan fingerprint density at radius 1 is 1.56 bits per heavy atom. The monoisotopic (exact) mass is 259 g/mol. The second kappa shape index (κ2) is 5.50. The van der Waals surface area contributed by atoms with Crippen LogP contribution >= 0.6 is 22.9 Å². The van der Waals surface area contributed by atoms with Crippen LogP contribution in [-0.4, -0.2) is 19.3 Å². The van der Waals surface area contributed by atoms with Gasteiger partial charge in [0.05, 0.1) is 10.9 Å². The molecule has 2 rings (SSSR count). The first-order valence-electron chi connectivity index (χ1n) is 5.74. The zero-order valence-electron chi connectivity index (χ0n) is 9.70. The van der Waals surface area contributed by atoms with Gasteiger partial charge in [0, 0.05) is 18.7 Å². The van der Waals surface area contributed by atoms with Gasteiger partial charge in [-0.15, -0.1) is 11.3 Å². The molecular weight excluding hydrogens is 242 g/mol. The first kappa shape index (κ1) is 12.4. The van der Waals surface area contributed by atoms with Crippen LogP contribution in [0.3, 0.4) is 0 Å². The number of thiophene rings is 1. The molecule has 0 bridgehead atoms. The lowest BCUT2D eigenvalue weighted by Gasteiger charge is -2.23. The molecule has 1 fully saturated rings. The molecule has 0 saturated carbocycles. The molecule has 16 heavy (non-hydrogen) atoms. The molecule has 1 saturated heterocycles. The molecule has 2 nitrogen and oxygen atoms in total. The molecule has 4 heteroatoms. The SMILES string of the molecule is CC(NC(C)C1CCOC1)c1csc(Cl)c1. The summed E-state index contributed by atoms with van der Waals surface area (Å²) in [7, 11) is 0. The Morgan fingerprint density at radius 2 is 2.38 bits per heavy atom. The van der Waals surface area contributed by atoms with E-state index in [1.165, 1.54) is 12.0 Å². The second-order valence-corrected chi connectivity index (χ2v) is 6.03. The Labute approximate surface area is 106 Å². The van der Waals surface area contributed by atoms with Gasteiger partial charge in [-0.2, -0.15) is 0 Å². The van der Waals surface area contributed by atoms with Gasteiger partial charge in [0.15, 0.2) is 0 Å². The minimum absolute atomic E-state index is 0.361. The summed E-state index contributed by atoms with van der Waals surface area (Å²) in [6, 6.07) is 2.90. The summed E-state index contributed by atoms with van der Waals surface area (Å²) in [5, 5.41) is 5.74. The number of hydrogen-bond donors (Lipinski definition) is 1. The normalized spacial score (nSPS) is 24.6. The Morgan fingerprint density at radius 3 is 2.94 bits per heavy atom. The highest BCUT2D eigenvalue weighted by Crippen LogP contribution is 2.26. The lowest BCUT2D eigenvalue weighted by Crippen LogP contribution is -2.35. The van der Waals surface area contributed by atoms with E-state index in [0.29, 0.717) is 18.0 Å². The molecule has 1 aromatic rings. The predicted molar refractivity (Wildman–Crippen MR) is 69.3 cm³/mol. The third-order valence-electron chi connectivity index (χ3n) is 3.27. The first-order valence-corrected chi connectivity index (χ1v) is 7.00. The van der Waals surface area contributed by atoms with Crippen molar-refractivity contribution < 1.29 is 4.74 Å². The van der Waals surface area contributed by atoms with Crippen LogP contribution in [-0.2, 0) is 4.74 Å². The fourth-order valence-electron chi connectivity index (χ4n) is 2.12. The summed E-state index contributed by atoms with van der Waals surface area (Å²) < 4.78 is 6.27. The fourth-order valence-corrected chi connectivity index (χ4v) is 3.11. The lowest BCUT2D eigenvalue weighted by molar-refractivity contribution is 0.177. The highest BCUT2D eigenvalue weighted by Gasteiger charge is 2.23. The van der Waals surface area contributed by atoms with Gasteiger partial charge in [-0.05, 0) is 43.2 Å². The standard InChI is InChI=1S/C12H18ClNOS/c1-8(10-3-4-15-6-10)14-9(2)11-5-12(13)16-7-11/h5,7-10,14H,3-4,6H2,1-2H3. The van der Waals surface area contributed by atoms with Crippen LogP contribution < -0.4 is 5.32 Å². The maximum Gasteiger partial charge on any atom is 0.0931 e. The topological polar surface area (TPSA) is 21.3 Å². The molecule has 0 spiro atoms. The zero-order chi connectivity index (χ0) is 11.5. The average molecular weight is 260 g/mol. The number of nitrogens with one attached hydrogen (secondary N) is 1. The van der Waals surface area contributed by atoms with E-state index in [-0.39, 0.29) is 0 Å². The highest BCUT2D eigenvalue weighted by atomic mass is 35.5. The summed E-state index contributed by atoms with van der Waals surface area (Å²) >= 11 is 7.53. The van der Waals surface area contributed by atoms with Crippen molar-refractivity contribution in [3.05, 3.63) is 21.3 Å². The summed E-state index contributed by atoms with van der Waals surface area (Å²) in [5.41, 5.74) is 1.28. The minimum Gasteiger partial charge on any atom is -0.381 e. The highest BCUT2D eigenvalue weighted by molar-refractivity contribution is 7.14. The number of hydrogen-bond acceptors (Lipinski definition) is 3. The Kier molecular flexibility index (Phi) is 4.25. The molecule has 2 heterocycles. The number of ether oxygens (including phenoxy) is 1. The van der Waals surface area contributed by atoms with E-state index >= 15 is 0 Å². The van der Waals surface area contributed by atoms with Crippen LogP contribution in [0.4, 0.5) is 0 Å². The van der Waals surface area contributed by atoms with Gasteiger partial charge in [0.2, 0.25) is 0 Å². The van der Waals surface area contributed by atoms with Crippen molar-refractivity contribution in [3.8, 4) is 0 Å². The van der Waals surface area contributed by atoms with E-state index in [9.17, 15) is 0 Å². The third-order valence-corrected chi connectivity index (χ3v) is 4.38. The van der Waals surface area contributed by atoms with Gasteiger partial charge in [-0.25, -0.2) is 0 Å². The molecule has 0 amide bonds. The summed E-state index contributed by atoms with van der Waals surface area (Å²) in [4.78, 5) is 0. The van der Waals surface area contributed by atoms with E-state index < -0.39 is 0 Å². The van der Waals surface area contributed by atoms with Crippen LogP contribution in [0, 0.1) is 5.92 Å². The van der Waals surface area contributed by atoms with E-state index in [1.54, 1.807) is 11.3 Å². The summed E-state index contributed by atoms with van der Waals surface area (Å²) in [6.45, 7) is 6.23. The Balaban J connectivity index is 1.88. The molecule has 1 aliphatic heterocycles. The molecule has 90 valence electrons. The maximum absolute atomic E-state index is 5.94. The molecule has 0 aliphatic carbocycles. The van der Waals surface area contributed by atoms with E-state index in [2.05, 4.69) is 24.5 Å². The van der Waals surface area contributed by atoms with Crippen molar-refractivity contribution in [2.75, 3.05) is 13.2 Å². The zero-order valence-corrected chi connectivity index (χ0v) is 11.3. The average Bonchev–Trinajstić information content (AvgIpc) is 2.87. The minimum atomic E-state index is 0.361. The lowest BCUT2D eigenvalue weighted by atomic mass is 9.99. The van der Waals surface area contributed by atoms with E-state index in [1.807, 2.05) is 6.07 Å². The van der Waals surface area contributed by atoms with Crippen LogP contribution in [0.1, 0.15) is 31.9 Å². The molecule has 1 aliphatic rings. The quantitative estimate of drug-likeness (QED) is 0.894. The third kappa shape index (κ3) is 2.98. The predicted octanol–water partition coefficient (Wildman–Crippen LogP) is 3.48. The van der Waals surface area contributed by atoms with Crippen molar-refractivity contribution in [2.24, 2.45) is 5.92 Å². The van der Waals surface area contributed by atoms with E-state index in [0.717, 1.165) is 17.6 Å². The van der Waals surface area contributed by atoms with Gasteiger partial charge >= 0.3 is 0 Å². The van der Waals surface area contributed by atoms with Gasteiger partial charge in [0.25, 0.3) is 0 Å². The van der Waals surface area contributed by atoms with Gasteiger partial charge in [0.1, 0.15) is 0 Å². The molecule has 0 aromatic carbocycles. The van der Waals surface area contributed by atoms with E-state index in [4.69, 9.17) is 16.3 Å². The molecule has 3 atom stereocenters. The molecular formula is C12H18ClNOS. The molecule has 3 unspecified atom stereocenters. The van der Waals surface area contributed by atoms with Crippen LogP contribution in [0.15, 0.2) is 11.4 Å². The smallest absolute Gasteiger partial charge is 0.0931 e. The molecule has 1 aromatic heterocycles. The second-order valence-electron chi connectivity index (χ2n) is 4.48. The van der Waals surface area contributed by atoms with Crippen LogP contribution in [0.2, 0.25) is 4.34 Å². The van der Waals surface area contributed by atoms with Crippen molar-refractivity contribution in [1.29, 1.82) is 0 Å². The summed E-state index contributed by atoms with van der Waals surface area (Å²) in [6.07, 6.45) is 1.17. The molecule has 1 N–H and O–H groups in total. The number of rotatable bonds is 4. The largest absolute Gasteiger partial charge is 0.381 e. The van der Waals surface area contributed by atoms with Crippen LogP contribution in [0.5, 0.6) is 0 Å². The Hall–Kier alpha value is -0.0900. The number of halogens is 1. The van der Waals surface area contributed by atoms with Crippen molar-refractivity contribution in [2.45, 2.75) is 32.4 Å². The van der Waals surface area contributed by atoms with Gasteiger partial charge in [-0.1, -0.05) is 11.6 Å². The first-order chi connectivity index (χ1) is 7.66. The fraction of sp³-hybridized carbons (Fsp3) is 0.667. The van der Waals surface area contributed by atoms with Crippen molar-refractivity contribution >= 4 is 22.9 Å². The van der Waals surface area contributed by atoms with Crippen LogP contribution in [0.25, 0.3) is 0 Å².